The van der Waals surface area contributed by atoms with Crippen molar-refractivity contribution < 1.29 is 38.1 Å². The Bertz CT molecular complexity index is 1080. The summed E-state index contributed by atoms with van der Waals surface area (Å²) >= 11 is 0. The monoisotopic (exact) mass is 555 g/mol. The Labute approximate surface area is 215 Å². The number of aromatic nitrogens is 1. The Hall–Kier alpha value is -2.47. The fraction of sp³-hybridized carbons (Fsp3) is 0.310. The summed E-state index contributed by atoms with van der Waals surface area (Å²) in [7, 11) is 1.98. The van der Waals surface area contributed by atoms with E-state index in [0.29, 0.717) is 5.57 Å². The third kappa shape index (κ3) is 7.53. The minimum atomic E-state index is -0.0828. The van der Waals surface area contributed by atoms with Crippen LogP contribution in [0.15, 0.2) is 101 Å². The van der Waals surface area contributed by atoms with Crippen LogP contribution in [0.3, 0.4) is 0 Å². The Kier molecular flexibility index (Phi) is 8.63. The van der Waals surface area contributed by atoms with E-state index in [1.165, 1.54) is 0 Å². The van der Waals surface area contributed by atoms with Crippen LogP contribution >= 0.6 is 0 Å². The van der Waals surface area contributed by atoms with Crippen molar-refractivity contribution in [3.05, 3.63) is 107 Å². The van der Waals surface area contributed by atoms with Crippen molar-refractivity contribution in [1.29, 1.82) is 0 Å². The Morgan fingerprint density at radius 2 is 1.33 bits per heavy atom. The first kappa shape index (κ1) is 26.8. The van der Waals surface area contributed by atoms with Crippen molar-refractivity contribution >= 4 is 11.9 Å². The molecule has 0 unspecified atom stereocenters. The van der Waals surface area contributed by atoms with Gasteiger partial charge in [-0.15, -0.1) is 0 Å². The van der Waals surface area contributed by atoms with E-state index in [2.05, 4.69) is 59.8 Å². The molecule has 1 aromatic heterocycles. The van der Waals surface area contributed by atoms with Gasteiger partial charge in [-0.1, -0.05) is 71.9 Å². The van der Waals surface area contributed by atoms with E-state index in [1.807, 2.05) is 66.5 Å². The highest BCUT2D eigenvalue weighted by atomic mass is 127. The molecule has 4 heteroatoms. The topological polar surface area (TPSA) is 30.2 Å². The van der Waals surface area contributed by atoms with Gasteiger partial charge in [0, 0.05) is 28.5 Å². The first-order valence-corrected chi connectivity index (χ1v) is 11.0. The number of ketones is 1. The standard InChI is InChI=1S/C29H34NO2.HI/c1-28(2,3)26-19-23(20-27(32-26)29(4,5)6)9-8-22-11-13-25(31)24(18-22)12-10-21-14-16-30(7)17-15-21;/h8-20H,1-7H3;1H/q+1;/p-1/b12-10+,22-8-;. The number of allylic oxidation sites excluding steroid dienone is 13. The molecule has 0 radical (unpaired) electrons. The zero-order valence-electron chi connectivity index (χ0n) is 20.6. The molecule has 0 fully saturated rings. The highest BCUT2D eigenvalue weighted by Gasteiger charge is 2.28. The van der Waals surface area contributed by atoms with Crippen LogP contribution in [-0.2, 0) is 16.6 Å². The van der Waals surface area contributed by atoms with Crippen LogP contribution in [0.1, 0.15) is 47.1 Å². The summed E-state index contributed by atoms with van der Waals surface area (Å²) in [5, 5.41) is 0. The van der Waals surface area contributed by atoms with Gasteiger partial charge in [0.15, 0.2) is 18.2 Å². The summed E-state index contributed by atoms with van der Waals surface area (Å²) in [6, 6.07) is 4.04. The number of hydrogen-bond acceptors (Lipinski definition) is 2. The van der Waals surface area contributed by atoms with Crippen molar-refractivity contribution in [2.45, 2.75) is 41.5 Å². The first-order valence-electron chi connectivity index (χ1n) is 11.0. The van der Waals surface area contributed by atoms with E-state index in [0.717, 1.165) is 28.2 Å². The third-order valence-corrected chi connectivity index (χ3v) is 5.26. The van der Waals surface area contributed by atoms with E-state index in [1.54, 1.807) is 6.08 Å². The van der Waals surface area contributed by atoms with Gasteiger partial charge in [0.2, 0.25) is 0 Å². The van der Waals surface area contributed by atoms with Crippen molar-refractivity contribution in [2.24, 2.45) is 17.9 Å². The van der Waals surface area contributed by atoms with Gasteiger partial charge < -0.3 is 28.7 Å². The molecule has 1 aromatic rings. The molecule has 2 aliphatic rings. The molecular formula is C29H34INO2. The van der Waals surface area contributed by atoms with Gasteiger partial charge in [-0.2, -0.15) is 0 Å². The lowest BCUT2D eigenvalue weighted by molar-refractivity contribution is -0.671. The summed E-state index contributed by atoms with van der Waals surface area (Å²) in [4.78, 5) is 12.3. The molecule has 0 aromatic carbocycles. The van der Waals surface area contributed by atoms with E-state index in [9.17, 15) is 4.79 Å². The Morgan fingerprint density at radius 3 is 1.88 bits per heavy atom. The number of ether oxygens (including phenoxy) is 1. The quantitative estimate of drug-likeness (QED) is 0.423. The number of rotatable bonds is 3. The van der Waals surface area contributed by atoms with Gasteiger partial charge in [0.05, 0.1) is 0 Å². The van der Waals surface area contributed by atoms with E-state index < -0.39 is 0 Å². The molecular weight excluding hydrogens is 521 g/mol. The summed E-state index contributed by atoms with van der Waals surface area (Å²) in [6.07, 6.45) is 21.6. The molecule has 1 aliphatic carbocycles. The molecule has 3 rings (SSSR count). The van der Waals surface area contributed by atoms with Gasteiger partial charge in [0.25, 0.3) is 0 Å². The van der Waals surface area contributed by atoms with Crippen LogP contribution in [0.2, 0.25) is 0 Å². The fourth-order valence-corrected chi connectivity index (χ4v) is 3.16. The normalized spacial score (nSPS) is 17.9. The predicted molar refractivity (Wildman–Crippen MR) is 131 cm³/mol. The maximum atomic E-state index is 12.3. The van der Waals surface area contributed by atoms with E-state index >= 15 is 0 Å². The van der Waals surface area contributed by atoms with Gasteiger partial charge in [-0.25, -0.2) is 4.57 Å². The molecule has 0 amide bonds. The minimum absolute atomic E-state index is 0. The maximum absolute atomic E-state index is 12.3. The van der Waals surface area contributed by atoms with Gasteiger partial charge in [0.1, 0.15) is 18.6 Å². The molecule has 0 spiro atoms. The number of halogens is 1. The minimum Gasteiger partial charge on any atom is -1.00 e. The van der Waals surface area contributed by atoms with Crippen molar-refractivity contribution in [3.8, 4) is 0 Å². The van der Waals surface area contributed by atoms with Gasteiger partial charge >= 0.3 is 0 Å². The molecule has 3 nitrogen and oxygen atoms in total. The zero-order chi connectivity index (χ0) is 23.5. The highest BCUT2D eigenvalue weighted by molar-refractivity contribution is 6.08. The average Bonchev–Trinajstić information content (AvgIpc) is 2.72. The Morgan fingerprint density at radius 1 is 0.788 bits per heavy atom. The summed E-state index contributed by atoms with van der Waals surface area (Å²) in [5.74, 6) is 1.93. The van der Waals surface area contributed by atoms with Gasteiger partial charge in [-0.3, -0.25) is 4.79 Å². The lowest BCUT2D eigenvalue weighted by Gasteiger charge is -2.32. The SMILES string of the molecule is C[n+]1ccc(/C=C/C2=CC(=C\C=C3C=C(C(C)(C)C)OC(C(C)(C)C)=C3)/C=CC2=O)cc1.[I-]. The largest absolute Gasteiger partial charge is 1.00 e. The molecule has 0 saturated heterocycles. The highest BCUT2D eigenvalue weighted by Crippen LogP contribution is 2.39. The maximum Gasteiger partial charge on any atom is 0.185 e. The average molecular weight is 556 g/mol. The second-order valence-corrected chi connectivity index (χ2v) is 10.4. The van der Waals surface area contributed by atoms with Crippen molar-refractivity contribution in [3.63, 3.8) is 0 Å². The van der Waals surface area contributed by atoms with Crippen LogP contribution in [0.5, 0.6) is 0 Å². The number of hydrogen-bond donors (Lipinski definition) is 0. The lowest BCUT2D eigenvalue weighted by Crippen LogP contribution is -3.00. The molecule has 0 N–H and O–H groups in total. The number of nitrogens with zero attached hydrogens (tertiary/aromatic N) is 1. The smallest absolute Gasteiger partial charge is 0.185 e. The van der Waals surface area contributed by atoms with Crippen molar-refractivity contribution in [1.82, 2.24) is 0 Å². The fourth-order valence-electron chi connectivity index (χ4n) is 3.16. The van der Waals surface area contributed by atoms with E-state index in [4.69, 9.17) is 4.74 Å². The second-order valence-electron chi connectivity index (χ2n) is 10.4. The molecule has 2 heterocycles. The third-order valence-electron chi connectivity index (χ3n) is 5.26. The number of carbonyl (C=O) groups excluding carboxylic acids is 1. The Balaban J connectivity index is 0.00000385. The second kappa shape index (κ2) is 10.6. The zero-order valence-corrected chi connectivity index (χ0v) is 22.8. The summed E-state index contributed by atoms with van der Waals surface area (Å²) in [5.41, 5.74) is 3.64. The first-order chi connectivity index (χ1) is 14.9. The predicted octanol–water partition coefficient (Wildman–Crippen LogP) is 3.34. The lowest BCUT2D eigenvalue weighted by atomic mass is 9.87. The molecule has 174 valence electrons. The molecule has 0 bridgehead atoms. The number of carbonyl (C=O) groups is 1. The molecule has 33 heavy (non-hydrogen) atoms. The van der Waals surface area contributed by atoms with Crippen LogP contribution in [-0.4, -0.2) is 5.78 Å². The molecule has 1 aliphatic heterocycles. The molecule has 0 saturated carbocycles. The van der Waals surface area contributed by atoms with Crippen LogP contribution in [0.4, 0.5) is 0 Å². The van der Waals surface area contributed by atoms with Crippen LogP contribution in [0.25, 0.3) is 6.08 Å². The van der Waals surface area contributed by atoms with Crippen molar-refractivity contribution in [2.75, 3.05) is 0 Å². The van der Waals surface area contributed by atoms with Crippen LogP contribution < -0.4 is 28.5 Å². The van der Waals surface area contributed by atoms with Crippen LogP contribution in [0, 0.1) is 10.8 Å². The summed E-state index contributed by atoms with van der Waals surface area (Å²) < 4.78 is 8.21. The number of pyridine rings is 1. The van der Waals surface area contributed by atoms with E-state index in [-0.39, 0.29) is 40.6 Å². The van der Waals surface area contributed by atoms with Gasteiger partial charge in [-0.05, 0) is 41.0 Å². The molecule has 0 atom stereocenters. The number of aryl methyl sites for hydroxylation is 1. The summed E-state index contributed by atoms with van der Waals surface area (Å²) in [6.45, 7) is 12.9.